The molecule has 0 radical (unpaired) electrons. The van der Waals surface area contributed by atoms with Gasteiger partial charge in [0.15, 0.2) is 0 Å². The van der Waals surface area contributed by atoms with Gasteiger partial charge in [0.25, 0.3) is 0 Å². The molecule has 2 rings (SSSR count). The number of anilines is 1. The van der Waals surface area contributed by atoms with Crippen molar-refractivity contribution in [1.29, 1.82) is 0 Å². The van der Waals surface area contributed by atoms with E-state index in [-0.39, 0.29) is 6.10 Å². The topological polar surface area (TPSA) is 58.0 Å². The summed E-state index contributed by atoms with van der Waals surface area (Å²) in [4.78, 5) is 8.50. The lowest BCUT2D eigenvalue weighted by atomic mass is 9.93. The number of hydrogen-bond donors (Lipinski definition) is 2. The Kier molecular flexibility index (Phi) is 3.76. The number of halogens is 1. The van der Waals surface area contributed by atoms with Crippen molar-refractivity contribution < 1.29 is 5.11 Å². The minimum atomic E-state index is -0.114. The van der Waals surface area contributed by atoms with E-state index in [1.54, 1.807) is 0 Å². The highest BCUT2D eigenvalue weighted by Gasteiger charge is 2.19. The van der Waals surface area contributed by atoms with E-state index in [2.05, 4.69) is 31.2 Å². The zero-order valence-corrected chi connectivity index (χ0v) is 10.9. The van der Waals surface area contributed by atoms with Crippen molar-refractivity contribution >= 4 is 21.7 Å². The Morgan fingerprint density at radius 3 is 2.62 bits per heavy atom. The molecule has 1 fully saturated rings. The zero-order valence-electron chi connectivity index (χ0n) is 9.28. The van der Waals surface area contributed by atoms with Crippen LogP contribution in [-0.2, 0) is 0 Å². The lowest BCUT2D eigenvalue weighted by Gasteiger charge is -2.26. The van der Waals surface area contributed by atoms with Crippen LogP contribution < -0.4 is 5.32 Å². The highest BCUT2D eigenvalue weighted by molar-refractivity contribution is 9.10. The first-order valence-corrected chi connectivity index (χ1v) is 6.38. The normalized spacial score (nSPS) is 25.4. The van der Waals surface area contributed by atoms with Crippen LogP contribution in [-0.4, -0.2) is 27.2 Å². The van der Waals surface area contributed by atoms with Gasteiger partial charge in [-0.1, -0.05) is 0 Å². The van der Waals surface area contributed by atoms with Gasteiger partial charge in [-0.05, 0) is 48.5 Å². The fourth-order valence-electron chi connectivity index (χ4n) is 2.03. The first kappa shape index (κ1) is 11.8. The molecule has 5 heteroatoms. The molecule has 88 valence electrons. The first-order chi connectivity index (χ1) is 7.63. The third-order valence-corrected chi connectivity index (χ3v) is 3.26. The Morgan fingerprint density at radius 1 is 1.31 bits per heavy atom. The number of aliphatic hydroxyl groups excluding tert-OH is 1. The average molecular weight is 286 g/mol. The summed E-state index contributed by atoms with van der Waals surface area (Å²) in [5, 5.41) is 12.8. The molecular formula is C11H16BrN3O. The summed E-state index contributed by atoms with van der Waals surface area (Å²) >= 11 is 3.36. The van der Waals surface area contributed by atoms with Crippen LogP contribution in [0.1, 0.15) is 31.5 Å². The molecule has 0 unspecified atom stereocenters. The Balaban J connectivity index is 1.98. The molecule has 0 aromatic carbocycles. The Morgan fingerprint density at radius 2 is 2.00 bits per heavy atom. The lowest BCUT2D eigenvalue weighted by molar-refractivity contribution is 0.126. The minimum absolute atomic E-state index is 0.114. The molecule has 0 atom stereocenters. The molecule has 2 N–H and O–H groups in total. The van der Waals surface area contributed by atoms with Crippen LogP contribution in [0, 0.1) is 6.92 Å². The molecule has 0 bridgehead atoms. The number of aliphatic hydroxyl groups is 1. The van der Waals surface area contributed by atoms with Crippen LogP contribution in [0.5, 0.6) is 0 Å². The summed E-state index contributed by atoms with van der Waals surface area (Å²) in [5.41, 5.74) is 0. The molecule has 1 aliphatic carbocycles. The molecule has 0 amide bonds. The SMILES string of the molecule is Cc1nc(Br)cc(NC2CCC(O)CC2)n1. The quantitative estimate of drug-likeness (QED) is 0.819. The van der Waals surface area contributed by atoms with Crippen LogP contribution in [0.25, 0.3) is 0 Å². The van der Waals surface area contributed by atoms with E-state index in [0.29, 0.717) is 6.04 Å². The van der Waals surface area contributed by atoms with Crippen LogP contribution >= 0.6 is 15.9 Å². The second-order valence-corrected chi connectivity index (χ2v) is 5.09. The van der Waals surface area contributed by atoms with Crippen molar-refractivity contribution in [3.8, 4) is 0 Å². The van der Waals surface area contributed by atoms with E-state index in [0.717, 1.165) is 41.9 Å². The van der Waals surface area contributed by atoms with Gasteiger partial charge in [0, 0.05) is 12.1 Å². The maximum atomic E-state index is 9.42. The predicted molar refractivity (Wildman–Crippen MR) is 66.4 cm³/mol. The Labute approximate surface area is 104 Å². The fourth-order valence-corrected chi connectivity index (χ4v) is 2.51. The number of hydrogen-bond acceptors (Lipinski definition) is 4. The molecule has 4 nitrogen and oxygen atoms in total. The van der Waals surface area contributed by atoms with E-state index in [1.165, 1.54) is 0 Å². The summed E-state index contributed by atoms with van der Waals surface area (Å²) in [5.74, 6) is 1.62. The molecular weight excluding hydrogens is 270 g/mol. The lowest BCUT2D eigenvalue weighted by Crippen LogP contribution is -2.28. The molecule has 0 aliphatic heterocycles. The van der Waals surface area contributed by atoms with Gasteiger partial charge in [0.2, 0.25) is 0 Å². The second kappa shape index (κ2) is 5.10. The van der Waals surface area contributed by atoms with Gasteiger partial charge in [0.1, 0.15) is 16.2 Å². The van der Waals surface area contributed by atoms with Gasteiger partial charge in [-0.2, -0.15) is 0 Å². The third kappa shape index (κ3) is 3.15. The molecule has 1 aliphatic rings. The zero-order chi connectivity index (χ0) is 11.5. The largest absolute Gasteiger partial charge is 0.393 e. The van der Waals surface area contributed by atoms with Crippen molar-refractivity contribution in [3.05, 3.63) is 16.5 Å². The van der Waals surface area contributed by atoms with Crippen LogP contribution in [0.4, 0.5) is 5.82 Å². The van der Waals surface area contributed by atoms with Gasteiger partial charge in [-0.15, -0.1) is 0 Å². The number of rotatable bonds is 2. The standard InChI is InChI=1S/C11H16BrN3O/c1-7-13-10(12)6-11(14-7)15-8-2-4-9(16)5-3-8/h6,8-9,16H,2-5H2,1H3,(H,13,14,15). The van der Waals surface area contributed by atoms with Gasteiger partial charge in [0.05, 0.1) is 6.10 Å². The minimum Gasteiger partial charge on any atom is -0.393 e. The van der Waals surface area contributed by atoms with Gasteiger partial charge < -0.3 is 10.4 Å². The predicted octanol–water partition coefficient (Wildman–Crippen LogP) is 2.26. The molecule has 1 aromatic rings. The third-order valence-electron chi connectivity index (χ3n) is 2.86. The molecule has 1 aromatic heterocycles. The number of aromatic nitrogens is 2. The summed E-state index contributed by atoms with van der Waals surface area (Å²) in [7, 11) is 0. The second-order valence-electron chi connectivity index (χ2n) is 4.27. The molecule has 16 heavy (non-hydrogen) atoms. The van der Waals surface area contributed by atoms with Gasteiger partial charge in [-0.25, -0.2) is 9.97 Å². The highest BCUT2D eigenvalue weighted by atomic mass is 79.9. The smallest absolute Gasteiger partial charge is 0.131 e. The van der Waals surface area contributed by atoms with Crippen molar-refractivity contribution in [2.24, 2.45) is 0 Å². The first-order valence-electron chi connectivity index (χ1n) is 5.59. The Hall–Kier alpha value is -0.680. The van der Waals surface area contributed by atoms with Gasteiger partial charge >= 0.3 is 0 Å². The van der Waals surface area contributed by atoms with E-state index >= 15 is 0 Å². The van der Waals surface area contributed by atoms with E-state index in [4.69, 9.17) is 0 Å². The molecule has 1 heterocycles. The summed E-state index contributed by atoms with van der Waals surface area (Å²) in [6.07, 6.45) is 3.65. The maximum Gasteiger partial charge on any atom is 0.131 e. The van der Waals surface area contributed by atoms with Gasteiger partial charge in [-0.3, -0.25) is 0 Å². The van der Waals surface area contributed by atoms with E-state index in [9.17, 15) is 5.11 Å². The maximum absolute atomic E-state index is 9.42. The van der Waals surface area contributed by atoms with Crippen molar-refractivity contribution in [1.82, 2.24) is 9.97 Å². The van der Waals surface area contributed by atoms with E-state index < -0.39 is 0 Å². The molecule has 0 saturated heterocycles. The summed E-state index contributed by atoms with van der Waals surface area (Å²) in [6.45, 7) is 1.88. The van der Waals surface area contributed by atoms with Crippen LogP contribution in [0.15, 0.2) is 10.7 Å². The van der Waals surface area contributed by atoms with E-state index in [1.807, 2.05) is 13.0 Å². The number of nitrogens with one attached hydrogen (secondary N) is 1. The number of nitrogens with zero attached hydrogens (tertiary/aromatic N) is 2. The Bertz CT molecular complexity index is 344. The monoisotopic (exact) mass is 285 g/mol. The van der Waals surface area contributed by atoms with Crippen molar-refractivity contribution in [2.75, 3.05) is 5.32 Å². The summed E-state index contributed by atoms with van der Waals surface area (Å²) in [6, 6.07) is 2.31. The molecule has 0 spiro atoms. The van der Waals surface area contributed by atoms with Crippen molar-refractivity contribution in [3.63, 3.8) is 0 Å². The molecule has 1 saturated carbocycles. The average Bonchev–Trinajstić information content (AvgIpc) is 2.20. The van der Waals surface area contributed by atoms with Crippen LogP contribution in [0.2, 0.25) is 0 Å². The highest BCUT2D eigenvalue weighted by Crippen LogP contribution is 2.22. The summed E-state index contributed by atoms with van der Waals surface area (Å²) < 4.78 is 0.804. The number of aryl methyl sites for hydroxylation is 1. The van der Waals surface area contributed by atoms with Crippen LogP contribution in [0.3, 0.4) is 0 Å². The fraction of sp³-hybridized carbons (Fsp3) is 0.636. The van der Waals surface area contributed by atoms with Crippen molar-refractivity contribution in [2.45, 2.75) is 44.8 Å².